The van der Waals surface area contributed by atoms with Crippen LogP contribution >= 0.6 is 15.9 Å². The van der Waals surface area contributed by atoms with Crippen molar-refractivity contribution in [3.63, 3.8) is 0 Å². The van der Waals surface area contributed by atoms with Crippen molar-refractivity contribution in [1.82, 2.24) is 0 Å². The first kappa shape index (κ1) is 16.8. The van der Waals surface area contributed by atoms with Gasteiger partial charge in [0.25, 0.3) is 10.1 Å². The second kappa shape index (κ2) is 6.81. The maximum atomic E-state index is 12.2. The van der Waals surface area contributed by atoms with Crippen molar-refractivity contribution < 1.29 is 22.1 Å². The summed E-state index contributed by atoms with van der Waals surface area (Å²) in [5.74, 6) is 0.766. The van der Waals surface area contributed by atoms with Crippen LogP contribution in [0, 0.1) is 11.3 Å². The molecular formula is C16H12BrNO5S. The van der Waals surface area contributed by atoms with Crippen LogP contribution in [0.4, 0.5) is 0 Å². The Labute approximate surface area is 147 Å². The molecule has 0 fully saturated rings. The Kier molecular flexibility index (Phi) is 4.76. The first-order chi connectivity index (χ1) is 11.5. The van der Waals surface area contributed by atoms with Crippen molar-refractivity contribution in [1.29, 1.82) is 5.26 Å². The Morgan fingerprint density at radius 2 is 2.00 bits per heavy atom. The summed E-state index contributed by atoms with van der Waals surface area (Å²) in [6.07, 6.45) is -0.586. The zero-order valence-corrected chi connectivity index (χ0v) is 14.7. The molecule has 1 heterocycles. The van der Waals surface area contributed by atoms with Crippen LogP contribution in [-0.2, 0) is 14.3 Å². The third-order valence-electron chi connectivity index (χ3n) is 3.32. The second-order valence-corrected chi connectivity index (χ2v) is 7.52. The number of hydrogen-bond donors (Lipinski definition) is 0. The molecular weight excluding hydrogens is 398 g/mol. The van der Waals surface area contributed by atoms with E-state index in [0.717, 1.165) is 4.47 Å². The summed E-state index contributed by atoms with van der Waals surface area (Å²) >= 11 is 3.25. The Morgan fingerprint density at radius 3 is 2.71 bits per heavy atom. The quantitative estimate of drug-likeness (QED) is 0.721. The van der Waals surface area contributed by atoms with Gasteiger partial charge in [-0.1, -0.05) is 22.0 Å². The van der Waals surface area contributed by atoms with E-state index in [1.807, 2.05) is 6.07 Å². The Balaban J connectivity index is 1.68. The van der Waals surface area contributed by atoms with E-state index in [1.165, 1.54) is 12.1 Å². The van der Waals surface area contributed by atoms with E-state index in [9.17, 15) is 8.42 Å². The van der Waals surface area contributed by atoms with Crippen LogP contribution in [0.25, 0.3) is 0 Å². The number of para-hydroxylation sites is 1. The van der Waals surface area contributed by atoms with Gasteiger partial charge in [-0.25, -0.2) is 0 Å². The lowest BCUT2D eigenvalue weighted by Crippen LogP contribution is -2.34. The molecule has 0 N–H and O–H groups in total. The highest BCUT2D eigenvalue weighted by atomic mass is 79.9. The molecule has 0 saturated carbocycles. The fourth-order valence-electron chi connectivity index (χ4n) is 2.15. The summed E-state index contributed by atoms with van der Waals surface area (Å²) in [7, 11) is -3.88. The average Bonchev–Trinajstić information content (AvgIpc) is 2.59. The van der Waals surface area contributed by atoms with Crippen LogP contribution in [0.5, 0.6) is 11.5 Å². The van der Waals surface area contributed by atoms with E-state index in [1.54, 1.807) is 30.3 Å². The maximum Gasteiger partial charge on any atom is 0.297 e. The lowest BCUT2D eigenvalue weighted by atomic mass is 10.2. The van der Waals surface area contributed by atoms with Crippen molar-refractivity contribution in [2.45, 2.75) is 11.0 Å². The Morgan fingerprint density at radius 1 is 1.25 bits per heavy atom. The average molecular weight is 410 g/mol. The van der Waals surface area contributed by atoms with Gasteiger partial charge in [0.05, 0.1) is 10.5 Å². The van der Waals surface area contributed by atoms with E-state index in [2.05, 4.69) is 15.9 Å². The molecule has 124 valence electrons. The third-order valence-corrected chi connectivity index (χ3v) is 5.14. The highest BCUT2D eigenvalue weighted by Crippen LogP contribution is 2.34. The molecule has 0 spiro atoms. The van der Waals surface area contributed by atoms with Gasteiger partial charge in [0.15, 0.2) is 17.6 Å². The molecule has 24 heavy (non-hydrogen) atoms. The topological polar surface area (TPSA) is 85.6 Å². The van der Waals surface area contributed by atoms with Gasteiger partial charge in [-0.3, -0.25) is 4.18 Å². The molecule has 8 heteroatoms. The molecule has 0 aromatic heterocycles. The van der Waals surface area contributed by atoms with Gasteiger partial charge in [-0.2, -0.15) is 13.7 Å². The summed E-state index contributed by atoms with van der Waals surface area (Å²) in [5, 5.41) is 9.02. The fourth-order valence-corrected chi connectivity index (χ4v) is 3.35. The first-order valence-corrected chi connectivity index (χ1v) is 9.17. The van der Waals surface area contributed by atoms with Crippen molar-refractivity contribution in [2.75, 3.05) is 13.2 Å². The zero-order valence-electron chi connectivity index (χ0n) is 12.3. The van der Waals surface area contributed by atoms with E-state index in [-0.39, 0.29) is 18.1 Å². The third kappa shape index (κ3) is 3.53. The van der Waals surface area contributed by atoms with E-state index < -0.39 is 16.2 Å². The summed E-state index contributed by atoms with van der Waals surface area (Å²) in [6, 6.07) is 13.1. The Hall–Kier alpha value is -2.08. The molecule has 2 aromatic carbocycles. The number of halogens is 1. The van der Waals surface area contributed by atoms with Crippen molar-refractivity contribution in [3.8, 4) is 17.6 Å². The molecule has 0 bridgehead atoms. The predicted molar refractivity (Wildman–Crippen MR) is 88.3 cm³/mol. The lowest BCUT2D eigenvalue weighted by Gasteiger charge is -2.26. The molecule has 1 aliphatic rings. The standard InChI is InChI=1S/C16H12BrNO5S/c17-12-4-6-14(7-5-12)24(19,20)22-10-13-9-21-16-11(8-18)2-1-3-15(16)23-13/h1-7,13H,9-10H2/t13-/m1/s1. The molecule has 0 radical (unpaired) electrons. The first-order valence-electron chi connectivity index (χ1n) is 6.97. The number of ether oxygens (including phenoxy) is 2. The van der Waals surface area contributed by atoms with E-state index >= 15 is 0 Å². The Bertz CT molecular complexity index is 890. The normalized spacial score (nSPS) is 16.4. The minimum atomic E-state index is -3.88. The minimum absolute atomic E-state index is 0.0644. The lowest BCUT2D eigenvalue weighted by molar-refractivity contribution is 0.0553. The number of hydrogen-bond acceptors (Lipinski definition) is 6. The van der Waals surface area contributed by atoms with Gasteiger partial charge in [-0.05, 0) is 36.4 Å². The van der Waals surface area contributed by atoms with Crippen LogP contribution in [0.1, 0.15) is 5.56 Å². The van der Waals surface area contributed by atoms with Crippen LogP contribution in [0.2, 0.25) is 0 Å². The molecule has 0 amide bonds. The van der Waals surface area contributed by atoms with E-state index in [0.29, 0.717) is 17.1 Å². The molecule has 0 saturated heterocycles. The van der Waals surface area contributed by atoms with Crippen LogP contribution in [-0.4, -0.2) is 27.7 Å². The van der Waals surface area contributed by atoms with Crippen LogP contribution < -0.4 is 9.47 Å². The zero-order chi connectivity index (χ0) is 17.2. The predicted octanol–water partition coefficient (Wildman–Crippen LogP) is 2.87. The molecule has 0 unspecified atom stereocenters. The largest absolute Gasteiger partial charge is 0.484 e. The minimum Gasteiger partial charge on any atom is -0.484 e. The van der Waals surface area contributed by atoms with Gasteiger partial charge in [0.1, 0.15) is 19.3 Å². The molecule has 1 aliphatic heterocycles. The molecule has 1 atom stereocenters. The van der Waals surface area contributed by atoms with Crippen molar-refractivity contribution >= 4 is 26.0 Å². The number of benzene rings is 2. The summed E-state index contributed by atoms with van der Waals surface area (Å²) in [4.78, 5) is 0.0644. The van der Waals surface area contributed by atoms with Gasteiger partial charge >= 0.3 is 0 Å². The second-order valence-electron chi connectivity index (χ2n) is 4.99. The summed E-state index contributed by atoms with van der Waals surface area (Å²) in [6.45, 7) is -0.0871. The summed E-state index contributed by atoms with van der Waals surface area (Å²) in [5.41, 5.74) is 0.370. The van der Waals surface area contributed by atoms with Gasteiger partial charge < -0.3 is 9.47 Å². The van der Waals surface area contributed by atoms with Gasteiger partial charge in [0.2, 0.25) is 0 Å². The molecule has 3 rings (SSSR count). The highest BCUT2D eigenvalue weighted by Gasteiger charge is 2.26. The van der Waals surface area contributed by atoms with Gasteiger partial charge in [0, 0.05) is 4.47 Å². The van der Waals surface area contributed by atoms with E-state index in [4.69, 9.17) is 18.9 Å². The smallest absolute Gasteiger partial charge is 0.297 e. The number of rotatable bonds is 4. The monoisotopic (exact) mass is 409 g/mol. The summed E-state index contributed by atoms with van der Waals surface area (Å²) < 4.78 is 41.3. The van der Waals surface area contributed by atoms with Crippen molar-refractivity contribution in [3.05, 3.63) is 52.5 Å². The fraction of sp³-hybridized carbons (Fsp3) is 0.188. The van der Waals surface area contributed by atoms with Crippen LogP contribution in [0.3, 0.4) is 0 Å². The molecule has 2 aromatic rings. The highest BCUT2D eigenvalue weighted by molar-refractivity contribution is 9.10. The van der Waals surface area contributed by atoms with Crippen LogP contribution in [0.15, 0.2) is 51.8 Å². The number of nitriles is 1. The van der Waals surface area contributed by atoms with Gasteiger partial charge in [-0.15, -0.1) is 0 Å². The molecule has 0 aliphatic carbocycles. The molecule has 6 nitrogen and oxygen atoms in total. The van der Waals surface area contributed by atoms with Crippen molar-refractivity contribution in [2.24, 2.45) is 0 Å². The number of fused-ring (bicyclic) bond motifs is 1. The number of nitrogens with zero attached hydrogens (tertiary/aromatic N) is 1. The SMILES string of the molecule is N#Cc1cccc2c1OC[C@H](COS(=O)(=O)c1ccc(Br)cc1)O2. The maximum absolute atomic E-state index is 12.2.